The van der Waals surface area contributed by atoms with E-state index in [1.54, 1.807) is 4.90 Å². The quantitative estimate of drug-likeness (QED) is 0.849. The minimum atomic E-state index is -4.79. The number of benzene rings is 1. The van der Waals surface area contributed by atoms with Crippen molar-refractivity contribution < 1.29 is 22.7 Å². The number of alkyl halides is 3. The number of ether oxygens (including phenoxy) is 1. The Labute approximate surface area is 149 Å². The number of nitrogens with zero attached hydrogens (tertiary/aromatic N) is 1. The summed E-state index contributed by atoms with van der Waals surface area (Å²) in [5.41, 5.74) is 1.59. The van der Waals surface area contributed by atoms with Crippen LogP contribution < -0.4 is 10.1 Å². The molecule has 0 spiro atoms. The van der Waals surface area contributed by atoms with Gasteiger partial charge in [-0.3, -0.25) is 4.79 Å². The molecule has 24 heavy (non-hydrogen) atoms. The van der Waals surface area contributed by atoms with Crippen LogP contribution >= 0.6 is 24.8 Å². The van der Waals surface area contributed by atoms with E-state index in [0.29, 0.717) is 31.1 Å². The predicted molar refractivity (Wildman–Crippen MR) is 86.2 cm³/mol. The lowest BCUT2D eigenvalue weighted by atomic mass is 9.97. The number of carbonyl (C=O) groups is 1. The first-order valence-electron chi connectivity index (χ1n) is 7.39. The van der Waals surface area contributed by atoms with Crippen molar-refractivity contribution in [3.8, 4) is 5.75 Å². The molecule has 1 aromatic rings. The number of rotatable bonds is 2. The second-order valence-corrected chi connectivity index (χ2v) is 6.02. The van der Waals surface area contributed by atoms with Gasteiger partial charge >= 0.3 is 6.36 Å². The molecule has 1 amide bonds. The highest BCUT2D eigenvalue weighted by atomic mass is 35.5. The summed E-state index contributed by atoms with van der Waals surface area (Å²) in [5.74, 6) is -0.406. The van der Waals surface area contributed by atoms with Crippen molar-refractivity contribution in [3.63, 3.8) is 0 Å². The summed E-state index contributed by atoms with van der Waals surface area (Å²) in [6.45, 7) is 1.72. The van der Waals surface area contributed by atoms with Gasteiger partial charge in [0.1, 0.15) is 5.75 Å². The monoisotopic (exact) mass is 384 g/mol. The summed E-state index contributed by atoms with van der Waals surface area (Å²) in [6.07, 6.45) is -2.84. The largest absolute Gasteiger partial charge is 0.573 e. The van der Waals surface area contributed by atoms with E-state index in [4.69, 9.17) is 0 Å². The first-order chi connectivity index (χ1) is 10.4. The molecule has 1 aliphatic carbocycles. The Morgan fingerprint density at radius 1 is 1.21 bits per heavy atom. The molecule has 2 heterocycles. The van der Waals surface area contributed by atoms with Gasteiger partial charge in [-0.25, -0.2) is 0 Å². The number of nitrogens with one attached hydrogen (secondary N) is 1. The number of amides is 1. The molecule has 0 bridgehead atoms. The van der Waals surface area contributed by atoms with Crippen LogP contribution in [-0.4, -0.2) is 36.8 Å². The summed E-state index contributed by atoms with van der Waals surface area (Å²) in [4.78, 5) is 14.1. The van der Waals surface area contributed by atoms with Crippen LogP contribution in [0.25, 0.3) is 0 Å². The molecule has 1 saturated carbocycles. The third-order valence-corrected chi connectivity index (χ3v) is 4.51. The fourth-order valence-electron chi connectivity index (χ4n) is 3.38. The number of hydrogen-bond donors (Lipinski definition) is 1. The van der Waals surface area contributed by atoms with Crippen LogP contribution in [0, 0.1) is 0 Å². The molecule has 134 valence electrons. The van der Waals surface area contributed by atoms with Gasteiger partial charge in [0.25, 0.3) is 5.91 Å². The average Bonchev–Trinajstić information content (AvgIpc) is 3.25. The summed E-state index contributed by atoms with van der Waals surface area (Å²) in [6, 6.07) is 3.10. The summed E-state index contributed by atoms with van der Waals surface area (Å²) < 4.78 is 42.3. The summed E-state index contributed by atoms with van der Waals surface area (Å²) in [5, 5.41) is 3.19. The Morgan fingerprint density at radius 3 is 2.54 bits per heavy atom. The van der Waals surface area contributed by atoms with Crippen molar-refractivity contribution in [2.75, 3.05) is 19.6 Å². The third kappa shape index (κ3) is 3.30. The molecule has 0 aromatic heterocycles. The molecule has 0 radical (unpaired) electrons. The SMILES string of the molecule is Cl.Cl.O=C1c2c(OC(F)(F)F)cc(C3CC3)cc2[C@@H]2CNCCN12. The minimum Gasteiger partial charge on any atom is -0.405 e. The number of halogens is 5. The maximum absolute atomic E-state index is 12.7. The van der Waals surface area contributed by atoms with E-state index in [0.717, 1.165) is 18.4 Å². The van der Waals surface area contributed by atoms with Gasteiger partial charge in [-0.1, -0.05) is 6.07 Å². The highest BCUT2D eigenvalue weighted by molar-refractivity contribution is 6.02. The second kappa shape index (κ2) is 6.61. The topological polar surface area (TPSA) is 41.6 Å². The first-order valence-corrected chi connectivity index (χ1v) is 7.39. The van der Waals surface area contributed by atoms with Gasteiger partial charge in [-0.05, 0) is 36.0 Å². The zero-order valence-corrected chi connectivity index (χ0v) is 14.2. The molecule has 1 N–H and O–H groups in total. The highest BCUT2D eigenvalue weighted by Gasteiger charge is 2.43. The van der Waals surface area contributed by atoms with E-state index in [1.165, 1.54) is 6.07 Å². The van der Waals surface area contributed by atoms with Crippen molar-refractivity contribution in [1.29, 1.82) is 0 Å². The molecule has 3 aliphatic rings. The van der Waals surface area contributed by atoms with E-state index in [-0.39, 0.29) is 48.1 Å². The molecule has 1 aromatic carbocycles. The van der Waals surface area contributed by atoms with Gasteiger partial charge in [0.05, 0.1) is 11.6 Å². The number of fused-ring (bicyclic) bond motifs is 3. The molecule has 9 heteroatoms. The van der Waals surface area contributed by atoms with Crippen LogP contribution in [0.2, 0.25) is 0 Å². The van der Waals surface area contributed by atoms with Crippen molar-refractivity contribution in [2.45, 2.75) is 31.2 Å². The van der Waals surface area contributed by atoms with E-state index in [1.807, 2.05) is 6.07 Å². The second-order valence-electron chi connectivity index (χ2n) is 6.02. The van der Waals surface area contributed by atoms with Gasteiger partial charge in [0.15, 0.2) is 0 Å². The Hall–Kier alpha value is -1.18. The van der Waals surface area contributed by atoms with Gasteiger partial charge in [-0.15, -0.1) is 38.0 Å². The predicted octanol–water partition coefficient (Wildman–Crippen LogP) is 3.41. The van der Waals surface area contributed by atoms with Gasteiger partial charge in [0, 0.05) is 19.6 Å². The molecule has 4 nitrogen and oxygen atoms in total. The Kier molecular flexibility index (Phi) is 5.28. The molecule has 2 aliphatic heterocycles. The highest BCUT2D eigenvalue weighted by Crippen LogP contribution is 2.47. The third-order valence-electron chi connectivity index (χ3n) is 4.51. The maximum atomic E-state index is 12.7. The Morgan fingerprint density at radius 2 is 1.92 bits per heavy atom. The van der Waals surface area contributed by atoms with Crippen LogP contribution in [0.1, 0.15) is 46.3 Å². The lowest BCUT2D eigenvalue weighted by Gasteiger charge is -2.30. The van der Waals surface area contributed by atoms with Crippen LogP contribution in [0.4, 0.5) is 13.2 Å². The smallest absolute Gasteiger partial charge is 0.405 e. The fourth-order valence-corrected chi connectivity index (χ4v) is 3.38. The zero-order chi connectivity index (χ0) is 15.5. The molecule has 1 saturated heterocycles. The molecule has 2 fully saturated rings. The zero-order valence-electron chi connectivity index (χ0n) is 12.6. The lowest BCUT2D eigenvalue weighted by molar-refractivity contribution is -0.274. The molecule has 1 atom stereocenters. The van der Waals surface area contributed by atoms with E-state index in [2.05, 4.69) is 10.1 Å². The molecule has 0 unspecified atom stereocenters. The van der Waals surface area contributed by atoms with Crippen molar-refractivity contribution >= 4 is 30.7 Å². The van der Waals surface area contributed by atoms with Gasteiger partial charge < -0.3 is 15.0 Å². The molecule has 4 rings (SSSR count). The van der Waals surface area contributed by atoms with Crippen LogP contribution in [0.15, 0.2) is 12.1 Å². The van der Waals surface area contributed by atoms with Crippen LogP contribution in [-0.2, 0) is 0 Å². The average molecular weight is 385 g/mol. The standard InChI is InChI=1S/C15H15F3N2O2.2ClH/c16-15(17,18)22-12-6-9(8-1-2-8)5-10-11-7-19-3-4-20(11)14(21)13(10)12;;/h5-6,8,11,19H,1-4,7H2;2*1H/t11-;;/m0../s1. The Bertz CT molecular complexity index is 650. The van der Waals surface area contributed by atoms with Crippen molar-refractivity contribution in [1.82, 2.24) is 10.2 Å². The summed E-state index contributed by atoms with van der Waals surface area (Å²) >= 11 is 0. The van der Waals surface area contributed by atoms with Crippen LogP contribution in [0.3, 0.4) is 0 Å². The van der Waals surface area contributed by atoms with Gasteiger partial charge in [-0.2, -0.15) is 0 Å². The normalized spacial score (nSPS) is 22.2. The number of hydrogen-bond acceptors (Lipinski definition) is 3. The molecular weight excluding hydrogens is 368 g/mol. The summed E-state index contributed by atoms with van der Waals surface area (Å²) in [7, 11) is 0. The van der Waals surface area contributed by atoms with Crippen molar-refractivity contribution in [3.05, 3.63) is 28.8 Å². The fraction of sp³-hybridized carbons (Fsp3) is 0.533. The lowest BCUT2D eigenvalue weighted by Crippen LogP contribution is -2.44. The Balaban J connectivity index is 0.00000104. The van der Waals surface area contributed by atoms with Crippen molar-refractivity contribution in [2.24, 2.45) is 0 Å². The molecular formula is C15H17Cl2F3N2O2. The number of carbonyl (C=O) groups excluding carboxylic acids is 1. The van der Waals surface area contributed by atoms with E-state index >= 15 is 0 Å². The number of piperazine rings is 1. The van der Waals surface area contributed by atoms with E-state index in [9.17, 15) is 18.0 Å². The first kappa shape index (κ1) is 19.1. The van der Waals surface area contributed by atoms with Crippen LogP contribution in [0.5, 0.6) is 5.75 Å². The van der Waals surface area contributed by atoms with E-state index < -0.39 is 6.36 Å². The minimum absolute atomic E-state index is 0. The van der Waals surface area contributed by atoms with Gasteiger partial charge in [0.2, 0.25) is 0 Å². The maximum Gasteiger partial charge on any atom is 0.573 e.